The van der Waals surface area contributed by atoms with Crippen LogP contribution in [0, 0.1) is 0 Å². The van der Waals surface area contributed by atoms with Crippen molar-refractivity contribution in [1.82, 2.24) is 25.0 Å². The lowest BCUT2D eigenvalue weighted by molar-refractivity contribution is 0.207. The predicted octanol–water partition coefficient (Wildman–Crippen LogP) is 1.86. The van der Waals surface area contributed by atoms with Crippen LogP contribution in [0.15, 0.2) is 10.7 Å². The quantitative estimate of drug-likeness (QED) is 0.854. The number of fused-ring (bicyclic) bond motifs is 1. The van der Waals surface area contributed by atoms with Crippen molar-refractivity contribution in [3.63, 3.8) is 0 Å². The molecule has 0 bridgehead atoms. The molecule has 2 aliphatic rings. The topological polar surface area (TPSA) is 67.9 Å². The standard InChI is InChI=1S/C15H19N5O/c1-2-13-16-7-11-5-6-20(8-12(11)17-13)9-14-18-15(19-21-14)10-3-4-10/h7,10H,2-6,8-9H2,1H3. The van der Waals surface area contributed by atoms with Crippen LogP contribution < -0.4 is 0 Å². The normalized spacial score (nSPS) is 18.7. The van der Waals surface area contributed by atoms with Crippen molar-refractivity contribution in [3.8, 4) is 0 Å². The molecular weight excluding hydrogens is 266 g/mol. The zero-order valence-electron chi connectivity index (χ0n) is 12.2. The van der Waals surface area contributed by atoms with E-state index in [1.54, 1.807) is 0 Å². The summed E-state index contributed by atoms with van der Waals surface area (Å²) in [6.45, 7) is 4.62. The first-order valence-electron chi connectivity index (χ1n) is 7.70. The summed E-state index contributed by atoms with van der Waals surface area (Å²) in [6, 6.07) is 0. The van der Waals surface area contributed by atoms with Crippen molar-refractivity contribution < 1.29 is 4.52 Å². The maximum atomic E-state index is 5.37. The van der Waals surface area contributed by atoms with Gasteiger partial charge in [0.05, 0.1) is 12.2 Å². The summed E-state index contributed by atoms with van der Waals surface area (Å²) in [5.41, 5.74) is 2.42. The maximum absolute atomic E-state index is 5.37. The van der Waals surface area contributed by atoms with Crippen molar-refractivity contribution in [2.75, 3.05) is 6.54 Å². The molecule has 1 aliphatic heterocycles. The van der Waals surface area contributed by atoms with Gasteiger partial charge in [0, 0.05) is 31.6 Å². The lowest BCUT2D eigenvalue weighted by atomic mass is 10.1. The van der Waals surface area contributed by atoms with Gasteiger partial charge in [-0.25, -0.2) is 9.97 Å². The van der Waals surface area contributed by atoms with Gasteiger partial charge in [0.1, 0.15) is 5.82 Å². The molecule has 1 fully saturated rings. The third kappa shape index (κ3) is 2.68. The Morgan fingerprint density at radius 3 is 3.05 bits per heavy atom. The molecule has 0 amide bonds. The van der Waals surface area contributed by atoms with E-state index in [4.69, 9.17) is 4.52 Å². The SMILES string of the molecule is CCc1ncc2c(n1)CN(Cc1nc(C3CC3)no1)CC2. The highest BCUT2D eigenvalue weighted by molar-refractivity contribution is 5.20. The van der Waals surface area contributed by atoms with E-state index >= 15 is 0 Å². The largest absolute Gasteiger partial charge is 0.338 e. The molecule has 0 unspecified atom stereocenters. The molecule has 0 N–H and O–H groups in total. The van der Waals surface area contributed by atoms with Crippen LogP contribution in [0.2, 0.25) is 0 Å². The minimum Gasteiger partial charge on any atom is -0.338 e. The first-order valence-corrected chi connectivity index (χ1v) is 7.70. The fraction of sp³-hybridized carbons (Fsp3) is 0.600. The number of aromatic nitrogens is 4. The lowest BCUT2D eigenvalue weighted by Gasteiger charge is -2.26. The van der Waals surface area contributed by atoms with Crippen LogP contribution in [0.1, 0.15) is 54.5 Å². The van der Waals surface area contributed by atoms with Crippen molar-refractivity contribution >= 4 is 0 Å². The van der Waals surface area contributed by atoms with E-state index in [1.807, 2.05) is 6.20 Å². The van der Waals surface area contributed by atoms with Crippen LogP contribution in [0.3, 0.4) is 0 Å². The van der Waals surface area contributed by atoms with Gasteiger partial charge < -0.3 is 4.52 Å². The molecule has 4 rings (SSSR count). The van der Waals surface area contributed by atoms with E-state index < -0.39 is 0 Å². The summed E-state index contributed by atoms with van der Waals surface area (Å²) >= 11 is 0. The van der Waals surface area contributed by atoms with Crippen molar-refractivity contribution in [2.24, 2.45) is 0 Å². The van der Waals surface area contributed by atoms with Crippen molar-refractivity contribution in [1.29, 1.82) is 0 Å². The number of rotatable bonds is 4. The summed E-state index contributed by atoms with van der Waals surface area (Å²) in [4.78, 5) is 15.8. The summed E-state index contributed by atoms with van der Waals surface area (Å²) in [7, 11) is 0. The summed E-state index contributed by atoms with van der Waals surface area (Å²) in [6.07, 6.45) is 6.25. The monoisotopic (exact) mass is 285 g/mol. The van der Waals surface area contributed by atoms with E-state index in [0.29, 0.717) is 12.5 Å². The van der Waals surface area contributed by atoms with Gasteiger partial charge in [0.25, 0.3) is 0 Å². The van der Waals surface area contributed by atoms with Crippen LogP contribution in [0.5, 0.6) is 0 Å². The molecule has 0 spiro atoms. The Balaban J connectivity index is 1.46. The zero-order chi connectivity index (χ0) is 14.2. The van der Waals surface area contributed by atoms with Crippen molar-refractivity contribution in [2.45, 2.75) is 51.6 Å². The van der Waals surface area contributed by atoms with Crippen LogP contribution >= 0.6 is 0 Å². The Morgan fingerprint density at radius 2 is 2.24 bits per heavy atom. The average molecular weight is 285 g/mol. The second kappa shape index (κ2) is 5.18. The van der Waals surface area contributed by atoms with Gasteiger partial charge in [-0.1, -0.05) is 12.1 Å². The minimum atomic E-state index is 0.546. The molecule has 0 radical (unpaired) electrons. The Bertz CT molecular complexity index is 649. The highest BCUT2D eigenvalue weighted by atomic mass is 16.5. The molecule has 1 saturated carbocycles. The summed E-state index contributed by atoms with van der Waals surface area (Å²) in [5.74, 6) is 3.08. The number of aryl methyl sites for hydroxylation is 1. The fourth-order valence-electron chi connectivity index (χ4n) is 2.73. The van der Waals surface area contributed by atoms with E-state index in [9.17, 15) is 0 Å². The van der Waals surface area contributed by atoms with Gasteiger partial charge in [-0.15, -0.1) is 0 Å². The first kappa shape index (κ1) is 12.9. The molecule has 0 atom stereocenters. The smallest absolute Gasteiger partial charge is 0.240 e. The van der Waals surface area contributed by atoms with Gasteiger partial charge in [-0.3, -0.25) is 4.90 Å². The summed E-state index contributed by atoms with van der Waals surface area (Å²) in [5, 5.41) is 4.08. The van der Waals surface area contributed by atoms with Gasteiger partial charge >= 0.3 is 0 Å². The first-order chi connectivity index (χ1) is 10.3. The average Bonchev–Trinajstić information content (AvgIpc) is 3.27. The molecule has 110 valence electrons. The Morgan fingerprint density at radius 1 is 1.33 bits per heavy atom. The Labute approximate surface area is 123 Å². The Hall–Kier alpha value is -1.82. The van der Waals surface area contributed by atoms with Gasteiger partial charge in [0.15, 0.2) is 5.82 Å². The maximum Gasteiger partial charge on any atom is 0.240 e. The molecular formula is C15H19N5O. The molecule has 2 aromatic rings. The molecule has 6 heteroatoms. The Kier molecular flexibility index (Phi) is 3.18. The molecule has 2 aromatic heterocycles. The minimum absolute atomic E-state index is 0.546. The van der Waals surface area contributed by atoms with E-state index in [0.717, 1.165) is 49.2 Å². The number of hydrogen-bond donors (Lipinski definition) is 0. The third-order valence-corrected chi connectivity index (χ3v) is 4.18. The highest BCUT2D eigenvalue weighted by Gasteiger charge is 2.29. The molecule has 3 heterocycles. The second-order valence-corrected chi connectivity index (χ2v) is 5.89. The van der Waals surface area contributed by atoms with Crippen molar-refractivity contribution in [3.05, 3.63) is 35.0 Å². The van der Waals surface area contributed by atoms with Crippen LogP contribution in [0.25, 0.3) is 0 Å². The molecule has 1 aliphatic carbocycles. The predicted molar refractivity (Wildman–Crippen MR) is 75.5 cm³/mol. The van der Waals surface area contributed by atoms with E-state index in [-0.39, 0.29) is 0 Å². The second-order valence-electron chi connectivity index (χ2n) is 5.89. The number of hydrogen-bond acceptors (Lipinski definition) is 6. The fourth-order valence-corrected chi connectivity index (χ4v) is 2.73. The van der Waals surface area contributed by atoms with E-state index in [2.05, 4.69) is 31.9 Å². The van der Waals surface area contributed by atoms with Gasteiger partial charge in [-0.05, 0) is 24.8 Å². The van der Waals surface area contributed by atoms with E-state index in [1.165, 1.54) is 18.4 Å². The number of nitrogens with zero attached hydrogens (tertiary/aromatic N) is 5. The summed E-state index contributed by atoms with van der Waals surface area (Å²) < 4.78 is 5.37. The van der Waals surface area contributed by atoms with Crippen LogP contribution in [-0.2, 0) is 25.9 Å². The molecule has 0 saturated heterocycles. The van der Waals surface area contributed by atoms with Crippen LogP contribution in [-0.4, -0.2) is 31.6 Å². The molecule has 0 aromatic carbocycles. The zero-order valence-corrected chi connectivity index (χ0v) is 12.2. The molecule has 21 heavy (non-hydrogen) atoms. The van der Waals surface area contributed by atoms with Gasteiger partial charge in [-0.2, -0.15) is 4.98 Å². The van der Waals surface area contributed by atoms with Gasteiger partial charge in [0.2, 0.25) is 5.89 Å². The molecule has 6 nitrogen and oxygen atoms in total. The third-order valence-electron chi connectivity index (χ3n) is 4.18. The lowest BCUT2D eigenvalue weighted by Crippen LogP contribution is -2.31. The van der Waals surface area contributed by atoms with Crippen LogP contribution in [0.4, 0.5) is 0 Å². The highest BCUT2D eigenvalue weighted by Crippen LogP contribution is 2.38.